The summed E-state index contributed by atoms with van der Waals surface area (Å²) >= 11 is 0. The Morgan fingerprint density at radius 1 is 0.605 bits per heavy atom. The van der Waals surface area contributed by atoms with Gasteiger partial charge in [0.15, 0.2) is 0 Å². The molecule has 0 fully saturated rings. The van der Waals surface area contributed by atoms with E-state index in [1.165, 1.54) is 36.4 Å². The van der Waals surface area contributed by atoms with Crippen molar-refractivity contribution in [3.05, 3.63) is 103 Å². The minimum atomic E-state index is -2.77. The Balaban J connectivity index is 2.09. The first-order chi connectivity index (χ1) is 18.0. The first kappa shape index (κ1) is 27.9. The summed E-state index contributed by atoms with van der Waals surface area (Å²) in [5.74, 6) is -4.66. The fourth-order valence-corrected chi connectivity index (χ4v) is 3.26. The lowest BCUT2D eigenvalue weighted by molar-refractivity contribution is -0.171. The molecule has 0 amide bonds. The molecule has 0 aliphatic carbocycles. The van der Waals surface area contributed by atoms with Crippen molar-refractivity contribution in [1.29, 1.82) is 0 Å². The van der Waals surface area contributed by atoms with Crippen LogP contribution in [0.1, 0.15) is 27.2 Å². The Hall–Kier alpha value is -4.72. The lowest BCUT2D eigenvalue weighted by Crippen LogP contribution is -2.53. The molecule has 0 saturated heterocycles. The normalized spacial score (nSPS) is 11.1. The van der Waals surface area contributed by atoms with Crippen LogP contribution in [0.15, 0.2) is 103 Å². The van der Waals surface area contributed by atoms with Crippen LogP contribution in [0.2, 0.25) is 0 Å². The summed E-state index contributed by atoms with van der Waals surface area (Å²) in [5.41, 5.74) is -4.00. The second-order valence-corrected chi connectivity index (χ2v) is 9.30. The van der Waals surface area contributed by atoms with Gasteiger partial charge in [0, 0.05) is 12.0 Å². The maximum atomic E-state index is 13.7. The van der Waals surface area contributed by atoms with Gasteiger partial charge in [0.2, 0.25) is 0 Å². The zero-order valence-corrected chi connectivity index (χ0v) is 21.3. The molecule has 0 spiro atoms. The lowest BCUT2D eigenvalue weighted by Gasteiger charge is -2.28. The van der Waals surface area contributed by atoms with Gasteiger partial charge in [-0.25, -0.2) is 19.2 Å². The van der Waals surface area contributed by atoms with Gasteiger partial charge in [-0.3, -0.25) is 0 Å². The molecule has 196 valence electrons. The third-order valence-electron chi connectivity index (χ3n) is 5.07. The fourth-order valence-electron chi connectivity index (χ4n) is 3.26. The Kier molecular flexibility index (Phi) is 8.81. The average Bonchev–Trinajstić information content (AvgIpc) is 2.87. The molecule has 3 rings (SSSR count). The highest BCUT2D eigenvalue weighted by molar-refractivity contribution is 6.20. The molecule has 0 aliphatic heterocycles. The first-order valence-electron chi connectivity index (χ1n) is 11.7. The van der Waals surface area contributed by atoms with E-state index >= 15 is 0 Å². The number of rotatable bonds is 9. The average molecular weight is 517 g/mol. The van der Waals surface area contributed by atoms with Gasteiger partial charge in [-0.2, -0.15) is 0 Å². The monoisotopic (exact) mass is 516 g/mol. The second-order valence-electron chi connectivity index (χ2n) is 9.30. The van der Waals surface area contributed by atoms with Crippen molar-refractivity contribution < 1.29 is 38.1 Å². The van der Waals surface area contributed by atoms with E-state index in [-0.39, 0.29) is 22.8 Å². The van der Waals surface area contributed by atoms with Crippen LogP contribution in [0.5, 0.6) is 17.2 Å². The summed E-state index contributed by atoms with van der Waals surface area (Å²) in [4.78, 5) is 54.0. The minimum Gasteiger partial charge on any atom is -0.457 e. The summed E-state index contributed by atoms with van der Waals surface area (Å²) < 4.78 is 21.7. The Morgan fingerprint density at radius 3 is 1.21 bits per heavy atom. The summed E-state index contributed by atoms with van der Waals surface area (Å²) in [7, 11) is 0. The lowest BCUT2D eigenvalue weighted by atomic mass is 9.81. The van der Waals surface area contributed by atoms with E-state index in [1.54, 1.807) is 75.4 Å². The van der Waals surface area contributed by atoms with E-state index in [0.29, 0.717) is 0 Å². The predicted molar refractivity (Wildman–Crippen MR) is 138 cm³/mol. The van der Waals surface area contributed by atoms with Crippen molar-refractivity contribution in [1.82, 2.24) is 0 Å². The molecule has 38 heavy (non-hydrogen) atoms. The number of ether oxygens (including phenoxy) is 4. The maximum absolute atomic E-state index is 13.7. The molecule has 8 heteroatoms. The zero-order valence-electron chi connectivity index (χ0n) is 21.3. The Morgan fingerprint density at radius 2 is 0.921 bits per heavy atom. The quantitative estimate of drug-likeness (QED) is 0.168. The molecule has 8 nitrogen and oxygen atoms in total. The molecule has 0 heterocycles. The molecule has 0 aromatic heterocycles. The number of hydrogen-bond acceptors (Lipinski definition) is 8. The van der Waals surface area contributed by atoms with Crippen LogP contribution < -0.4 is 14.2 Å². The van der Waals surface area contributed by atoms with E-state index in [9.17, 15) is 19.2 Å². The van der Waals surface area contributed by atoms with Crippen molar-refractivity contribution in [3.63, 3.8) is 0 Å². The standard InChI is InChI=1S/C30H28O8/c1-21(25(31)38-29(2,3)4)20-30(26(32)35-22-14-8-5-9-15-22,27(33)36-23-16-10-6-11-17-23)28(34)37-24-18-12-7-13-19-24/h5-19H,1,20H2,2-4H3. The van der Waals surface area contributed by atoms with Crippen LogP contribution in [0.25, 0.3) is 0 Å². The molecular weight excluding hydrogens is 488 g/mol. The van der Waals surface area contributed by atoms with Gasteiger partial charge in [0.05, 0.1) is 0 Å². The molecule has 0 saturated carbocycles. The Labute approximate surface area is 220 Å². The number of benzene rings is 3. The second kappa shape index (κ2) is 12.0. The zero-order chi connectivity index (χ0) is 27.8. The van der Waals surface area contributed by atoms with Crippen LogP contribution in [0.3, 0.4) is 0 Å². The third kappa shape index (κ3) is 7.16. The predicted octanol–water partition coefficient (Wildman–Crippen LogP) is 5.08. The SMILES string of the molecule is C=C(CC(C(=O)Oc1ccccc1)(C(=O)Oc1ccccc1)C(=O)Oc1ccccc1)C(=O)OC(C)(C)C. The topological polar surface area (TPSA) is 105 Å². The van der Waals surface area contributed by atoms with Gasteiger partial charge in [-0.05, 0) is 57.2 Å². The van der Waals surface area contributed by atoms with Crippen LogP contribution in [-0.4, -0.2) is 29.5 Å². The van der Waals surface area contributed by atoms with Crippen LogP contribution in [-0.2, 0) is 23.9 Å². The van der Waals surface area contributed by atoms with E-state index in [4.69, 9.17) is 18.9 Å². The first-order valence-corrected chi connectivity index (χ1v) is 11.7. The van der Waals surface area contributed by atoms with E-state index in [2.05, 4.69) is 6.58 Å². The van der Waals surface area contributed by atoms with E-state index in [0.717, 1.165) is 0 Å². The highest BCUT2D eigenvalue weighted by atomic mass is 16.6. The molecule has 0 radical (unpaired) electrons. The van der Waals surface area contributed by atoms with Crippen LogP contribution in [0.4, 0.5) is 0 Å². The van der Waals surface area contributed by atoms with Crippen LogP contribution >= 0.6 is 0 Å². The smallest absolute Gasteiger partial charge is 0.340 e. The summed E-state index contributed by atoms with van der Waals surface area (Å²) in [6.45, 7) is 8.62. The molecule has 0 unspecified atom stereocenters. The number of carbonyl (C=O) groups excluding carboxylic acids is 4. The van der Waals surface area contributed by atoms with E-state index < -0.39 is 41.3 Å². The minimum absolute atomic E-state index is 0.0600. The molecular formula is C30H28O8. The number of para-hydroxylation sites is 3. The highest BCUT2D eigenvalue weighted by Gasteiger charge is 2.59. The molecule has 3 aromatic rings. The molecule has 0 N–H and O–H groups in total. The Bertz CT molecular complexity index is 1160. The number of hydrogen-bond donors (Lipinski definition) is 0. The van der Waals surface area contributed by atoms with Gasteiger partial charge in [-0.15, -0.1) is 0 Å². The van der Waals surface area contributed by atoms with Crippen LogP contribution in [0, 0.1) is 5.41 Å². The fraction of sp³-hybridized carbons (Fsp3) is 0.200. The largest absolute Gasteiger partial charge is 0.457 e. The van der Waals surface area contributed by atoms with E-state index in [1.807, 2.05) is 0 Å². The van der Waals surface area contributed by atoms with Gasteiger partial charge >= 0.3 is 23.9 Å². The molecule has 3 aromatic carbocycles. The van der Waals surface area contributed by atoms with Crippen molar-refractivity contribution in [2.75, 3.05) is 0 Å². The van der Waals surface area contributed by atoms with Crippen molar-refractivity contribution in [2.24, 2.45) is 5.41 Å². The van der Waals surface area contributed by atoms with Gasteiger partial charge in [0.25, 0.3) is 5.41 Å². The van der Waals surface area contributed by atoms with Crippen molar-refractivity contribution in [2.45, 2.75) is 32.8 Å². The summed E-state index contributed by atoms with van der Waals surface area (Å²) in [6.07, 6.45) is -0.815. The molecule has 0 aliphatic rings. The maximum Gasteiger partial charge on any atom is 0.340 e. The van der Waals surface area contributed by atoms with Gasteiger partial charge < -0.3 is 18.9 Å². The third-order valence-corrected chi connectivity index (χ3v) is 5.07. The molecule has 0 atom stereocenters. The summed E-state index contributed by atoms with van der Waals surface area (Å²) in [5, 5.41) is 0. The highest BCUT2D eigenvalue weighted by Crippen LogP contribution is 2.34. The van der Waals surface area contributed by atoms with Crippen molar-refractivity contribution in [3.8, 4) is 17.2 Å². The summed E-state index contributed by atoms with van der Waals surface area (Å²) in [6, 6.07) is 23.5. The molecule has 0 bridgehead atoms. The number of esters is 4. The van der Waals surface area contributed by atoms with Gasteiger partial charge in [-0.1, -0.05) is 61.2 Å². The van der Waals surface area contributed by atoms with Gasteiger partial charge in [0.1, 0.15) is 22.8 Å². The number of carbonyl (C=O) groups is 4. The van der Waals surface area contributed by atoms with Crippen molar-refractivity contribution >= 4 is 23.9 Å².